The molecule has 712 valence electrons. The lowest BCUT2D eigenvalue weighted by molar-refractivity contribution is -0.151. The van der Waals surface area contributed by atoms with Gasteiger partial charge >= 0.3 is 23.9 Å². The van der Waals surface area contributed by atoms with Crippen LogP contribution < -0.4 is 16.8 Å². The quantitative estimate of drug-likeness (QED) is 0.0175. The molecule has 0 aliphatic carbocycles. The van der Waals surface area contributed by atoms with Crippen molar-refractivity contribution in [2.24, 2.45) is 64.7 Å². The van der Waals surface area contributed by atoms with E-state index in [1.165, 1.54) is 22.3 Å². The lowest BCUT2D eigenvalue weighted by Crippen LogP contribution is -2.49. The van der Waals surface area contributed by atoms with E-state index >= 15 is 0 Å². The number of aliphatic carboxylic acids is 2. The monoisotopic (exact) mass is 1820 g/mol. The Labute approximate surface area is 791 Å². The molecule has 23 nitrogen and oxygen atoms in total. The Morgan fingerprint density at radius 1 is 0.343 bits per heavy atom. The molecular weight excluding hydrogens is 1690 g/mol. The number of nitrogens with two attached hydrogens (primary N) is 2. The zero-order valence-electron chi connectivity index (χ0n) is 79.4. The maximum absolute atomic E-state index is 13.5. The van der Waals surface area contributed by atoms with E-state index in [-0.39, 0.29) is 115 Å². The molecule has 6 aromatic carbocycles. The van der Waals surface area contributed by atoms with Gasteiger partial charge in [0, 0.05) is 92.5 Å². The zero-order chi connectivity index (χ0) is 97.2. The number of epoxide rings is 2. The number of carboxylic acid groups (broad SMARTS) is 2. The lowest BCUT2D eigenvalue weighted by Gasteiger charge is -2.25. The van der Waals surface area contributed by atoms with Gasteiger partial charge in [-0.05, 0) is 220 Å². The van der Waals surface area contributed by atoms with Gasteiger partial charge in [-0.3, -0.25) is 67.9 Å². The number of amides is 1. The van der Waals surface area contributed by atoms with Crippen molar-refractivity contribution < 1.29 is 77.1 Å². The van der Waals surface area contributed by atoms with E-state index in [9.17, 15) is 53.1 Å². The van der Waals surface area contributed by atoms with Gasteiger partial charge in [-0.2, -0.15) is 0 Å². The second-order valence-electron chi connectivity index (χ2n) is 36.2. The van der Waals surface area contributed by atoms with Gasteiger partial charge in [0.2, 0.25) is 5.91 Å². The molecule has 12 atom stereocenters. The fourth-order valence-electron chi connectivity index (χ4n) is 14.6. The highest BCUT2D eigenvalue weighted by atomic mass is 16.6. The van der Waals surface area contributed by atoms with Gasteiger partial charge in [0.05, 0.1) is 43.1 Å². The highest BCUT2D eigenvalue weighted by Gasteiger charge is 2.51. The maximum Gasteiger partial charge on any atom is 0.323 e. The summed E-state index contributed by atoms with van der Waals surface area (Å²) in [5.41, 5.74) is 20.7. The summed E-state index contributed by atoms with van der Waals surface area (Å²) in [6, 6.07) is 72.5. The summed E-state index contributed by atoms with van der Waals surface area (Å²) in [7, 11) is 0. The number of hydrogen-bond acceptors (Lipinski definition) is 20. The SMILES string of the molecule is CC(C)C[C@H](N)C(=O)[C@@]1(C)CO1.CC(C)C[C@H](NC(=O)[C@@H](CC(=O)[C@@H](C)CCc1ccccc1)Cc1ccncc1)C(=O)[C@@]1(C)CO1.C[C@@H](CCc1ccccc1)C(=O)C[C@@H](Cc1ccncc1)C(=O)O.C[C@@H](CCc1ccccc1)C(=O)C[C@@H](Cc1ccncc1)C(=O)OCc1ccccc1.C[C@@H](CCc1ccccc1)C(=O)O.N[C@@H](Cc1ccncc1)C(=O)OCc1ccccc1. The number of aryl methyl sites for hydroxylation is 4. The van der Waals surface area contributed by atoms with Crippen molar-refractivity contribution in [2.45, 2.75) is 221 Å². The number of carbonyl (C=O) groups is 10. The first kappa shape index (κ1) is 108. The number of nitrogens with one attached hydrogen (secondary N) is 1. The number of aromatic nitrogens is 4. The molecule has 2 aliphatic heterocycles. The predicted molar refractivity (Wildman–Crippen MR) is 520 cm³/mol. The van der Waals surface area contributed by atoms with Crippen LogP contribution in [0.3, 0.4) is 0 Å². The van der Waals surface area contributed by atoms with Crippen LogP contribution in [0, 0.1) is 53.3 Å². The molecule has 23 heteroatoms. The van der Waals surface area contributed by atoms with Crippen molar-refractivity contribution in [1.82, 2.24) is 25.3 Å². The van der Waals surface area contributed by atoms with Crippen molar-refractivity contribution >= 4 is 58.7 Å². The average molecular weight is 1830 g/mol. The van der Waals surface area contributed by atoms with Crippen LogP contribution in [0.25, 0.3) is 0 Å². The van der Waals surface area contributed by atoms with E-state index in [2.05, 4.69) is 63.4 Å². The minimum absolute atomic E-state index is 0.0207. The Balaban J connectivity index is 0.000000228. The van der Waals surface area contributed by atoms with Crippen LogP contribution in [-0.4, -0.2) is 131 Å². The summed E-state index contributed by atoms with van der Waals surface area (Å²) in [5.74, 6) is -4.15. The van der Waals surface area contributed by atoms with Crippen molar-refractivity contribution in [3.63, 3.8) is 0 Å². The van der Waals surface area contributed by atoms with Crippen LogP contribution in [0.1, 0.15) is 183 Å². The Kier molecular flexibility index (Phi) is 47.3. The second kappa shape index (κ2) is 58.5. The first-order valence-electron chi connectivity index (χ1n) is 46.6. The number of benzene rings is 6. The van der Waals surface area contributed by atoms with Crippen LogP contribution in [0.5, 0.6) is 0 Å². The predicted octanol–water partition coefficient (Wildman–Crippen LogP) is 17.9. The standard InChI is InChI=1S/C29H38N2O4.C27H29NO3.C20H23NO3.C15H16N2O2.C11H14O2.C9H17NO2/c1-20(2)16-25(27(33)29(4)19-35-29)31-28(34)24(17-23-12-14-30-15-13-23)18-26(32)21(3)10-11-22-8-6-5-7-9-22;1-21(12-13-22-8-4-2-5-9-22)26(29)19-25(18-23-14-16-28-17-15-23)27(30)31-20-24-10-6-3-7-11-24;1-15(7-8-16-5-3-2-4-6-16)19(22)14-18(20(23)24)13-17-9-11-21-12-10-17;16-14(10-12-6-8-17-9-7-12)15(18)19-11-13-4-2-1-3-5-13;1-9(11(12)13)7-8-10-5-3-2-4-6-10;1-6(2)4-7(10)8(11)9(3)5-12-9/h5-9,12-15,20-21,24-25H,10-11,16-19H2,1-4H3,(H,31,34);2-11,14-17,21,25H,12-13,18-20H2,1H3;2-6,9-12,15,18H,7-8,13-14H2,1H3,(H,23,24);1-9,14H,10-11,16H2;2-6,9H,7-8H2,1H3,(H,12,13);6-7H,4-5,10H2,1-3H3/t21-,24+,25-,29+;21-,25+;15-,18+;14-;9-;7-,9+/m000000/s1. The number of esters is 2. The molecular formula is C111H137N7O16. The fourth-order valence-corrected chi connectivity index (χ4v) is 14.6. The average Bonchev–Trinajstić information content (AvgIpc) is 1.63. The third-order valence-corrected chi connectivity index (χ3v) is 23.6. The summed E-state index contributed by atoms with van der Waals surface area (Å²) < 4.78 is 21.1. The molecule has 7 N–H and O–H groups in total. The van der Waals surface area contributed by atoms with Crippen LogP contribution >= 0.6 is 0 Å². The maximum atomic E-state index is 13.5. The molecule has 12 rings (SSSR count). The number of carboxylic acids is 2. The highest BCUT2D eigenvalue weighted by molar-refractivity contribution is 5.98. The van der Waals surface area contributed by atoms with E-state index in [0.717, 1.165) is 84.7 Å². The largest absolute Gasteiger partial charge is 0.481 e. The van der Waals surface area contributed by atoms with Crippen LogP contribution in [0.2, 0.25) is 0 Å². The first-order chi connectivity index (χ1) is 64.3. The Hall–Kier alpha value is -12.5. The number of Topliss-reactive ketones (excluding diaryl/α,β-unsaturated/α-hetero) is 5. The van der Waals surface area contributed by atoms with E-state index in [1.54, 1.807) is 82.5 Å². The number of hydrogen-bond donors (Lipinski definition) is 5. The fraction of sp³-hybridized carbons (Fsp3) is 0.405. The summed E-state index contributed by atoms with van der Waals surface area (Å²) in [6.07, 6.45) is 23.1. The Bertz CT molecular complexity index is 5120. The molecule has 2 fully saturated rings. The smallest absolute Gasteiger partial charge is 0.323 e. The van der Waals surface area contributed by atoms with Gasteiger partial charge in [-0.1, -0.05) is 237 Å². The summed E-state index contributed by atoms with van der Waals surface area (Å²) >= 11 is 0. The van der Waals surface area contributed by atoms with Gasteiger partial charge in [-0.25, -0.2) is 0 Å². The van der Waals surface area contributed by atoms with Crippen molar-refractivity contribution in [3.8, 4) is 0 Å². The van der Waals surface area contributed by atoms with Gasteiger partial charge < -0.3 is 45.9 Å². The second-order valence-corrected chi connectivity index (χ2v) is 36.2. The van der Waals surface area contributed by atoms with Crippen molar-refractivity contribution in [3.05, 3.63) is 336 Å². The number of rotatable bonds is 47. The molecule has 1 amide bonds. The minimum atomic E-state index is -0.921. The molecule has 0 spiro atoms. The summed E-state index contributed by atoms with van der Waals surface area (Å²) in [5, 5.41) is 21.0. The molecule has 0 unspecified atom stereocenters. The molecule has 6 heterocycles. The van der Waals surface area contributed by atoms with Crippen molar-refractivity contribution in [2.75, 3.05) is 13.2 Å². The van der Waals surface area contributed by atoms with E-state index < -0.39 is 53.0 Å². The van der Waals surface area contributed by atoms with E-state index in [4.69, 9.17) is 35.5 Å². The van der Waals surface area contributed by atoms with Gasteiger partial charge in [0.25, 0.3) is 0 Å². The third kappa shape index (κ3) is 42.1. The molecule has 10 aromatic rings. The number of ether oxygens (including phenoxy) is 4. The third-order valence-electron chi connectivity index (χ3n) is 23.6. The van der Waals surface area contributed by atoms with Crippen LogP contribution in [-0.2, 0) is 131 Å². The van der Waals surface area contributed by atoms with E-state index in [0.29, 0.717) is 57.7 Å². The Morgan fingerprint density at radius 2 is 0.627 bits per heavy atom. The molecule has 2 aliphatic rings. The molecule has 0 bridgehead atoms. The lowest BCUT2D eigenvalue weighted by atomic mass is 9.87. The summed E-state index contributed by atoms with van der Waals surface area (Å²) in [6.45, 7) is 20.6. The molecule has 134 heavy (non-hydrogen) atoms. The number of pyridine rings is 4. The van der Waals surface area contributed by atoms with Crippen molar-refractivity contribution in [1.29, 1.82) is 0 Å². The van der Waals surface area contributed by atoms with Crippen LogP contribution in [0.15, 0.2) is 280 Å². The first-order valence-corrected chi connectivity index (χ1v) is 46.6. The highest BCUT2D eigenvalue weighted by Crippen LogP contribution is 2.32. The number of nitrogens with zero attached hydrogens (tertiary/aromatic N) is 4. The molecule has 4 aromatic heterocycles. The normalized spacial score (nSPS) is 16.0. The molecule has 0 radical (unpaired) electrons. The Morgan fingerprint density at radius 3 is 0.948 bits per heavy atom. The van der Waals surface area contributed by atoms with Gasteiger partial charge in [0.1, 0.15) is 47.8 Å². The van der Waals surface area contributed by atoms with Gasteiger partial charge in [0.15, 0.2) is 11.6 Å². The van der Waals surface area contributed by atoms with Gasteiger partial charge in [-0.15, -0.1) is 0 Å². The number of carbonyl (C=O) groups excluding carboxylic acids is 8. The number of ketones is 5. The topological polar surface area (TPSA) is 370 Å². The van der Waals surface area contributed by atoms with Crippen LogP contribution in [0.4, 0.5) is 0 Å². The molecule has 0 saturated carbocycles. The molecule has 2 saturated heterocycles. The summed E-state index contributed by atoms with van der Waals surface area (Å²) in [4.78, 5) is 139. The minimum Gasteiger partial charge on any atom is -0.481 e. The zero-order valence-corrected chi connectivity index (χ0v) is 79.4. The van der Waals surface area contributed by atoms with E-state index in [1.807, 2.05) is 229 Å².